The fraction of sp³-hybridized carbons (Fsp3) is 0.647. The predicted molar refractivity (Wildman–Crippen MR) is 90.6 cm³/mol. The van der Waals surface area contributed by atoms with E-state index in [-0.39, 0.29) is 5.41 Å². The molecule has 1 aliphatic heterocycles. The van der Waals surface area contributed by atoms with Gasteiger partial charge in [0.1, 0.15) is 0 Å². The Kier molecular flexibility index (Phi) is 5.30. The van der Waals surface area contributed by atoms with Crippen LogP contribution in [0.15, 0.2) is 29.2 Å². The molecule has 1 atom stereocenters. The first-order valence-corrected chi connectivity index (χ1v) is 9.56. The molecule has 1 aromatic rings. The second-order valence-corrected chi connectivity index (χ2v) is 8.82. The molecule has 0 aliphatic carbocycles. The molecule has 0 saturated carbocycles. The van der Waals surface area contributed by atoms with Gasteiger partial charge in [-0.05, 0) is 49.0 Å². The number of hydrogen-bond donors (Lipinski definition) is 1. The third-order valence-corrected chi connectivity index (χ3v) is 5.88. The van der Waals surface area contributed by atoms with E-state index in [0.29, 0.717) is 17.5 Å². The van der Waals surface area contributed by atoms with E-state index < -0.39 is 10.0 Å². The van der Waals surface area contributed by atoms with Crippen LogP contribution in [0.5, 0.6) is 0 Å². The first kappa shape index (κ1) is 17.4. The second kappa shape index (κ2) is 6.69. The molecular formula is C17H28N2O2S. The van der Waals surface area contributed by atoms with Crippen molar-refractivity contribution in [2.24, 2.45) is 0 Å². The topological polar surface area (TPSA) is 49.4 Å². The molecule has 2 rings (SSSR count). The van der Waals surface area contributed by atoms with Crippen molar-refractivity contribution in [2.75, 3.05) is 19.6 Å². The molecule has 0 spiro atoms. The van der Waals surface area contributed by atoms with E-state index in [1.54, 1.807) is 12.1 Å². The zero-order valence-electron chi connectivity index (χ0n) is 14.1. The van der Waals surface area contributed by atoms with Crippen molar-refractivity contribution in [3.8, 4) is 0 Å². The molecule has 1 fully saturated rings. The van der Waals surface area contributed by atoms with Crippen molar-refractivity contribution in [2.45, 2.75) is 56.9 Å². The summed E-state index contributed by atoms with van der Waals surface area (Å²) >= 11 is 0. The lowest BCUT2D eigenvalue weighted by molar-refractivity contribution is 0.268. The van der Waals surface area contributed by atoms with Crippen molar-refractivity contribution in [3.63, 3.8) is 0 Å². The summed E-state index contributed by atoms with van der Waals surface area (Å²) in [5.41, 5.74) is 1.17. The maximum atomic E-state index is 12.4. The SMILES string of the molecule is CCN1CCC[C@H]1CNS(=O)(=O)c1ccc(C(C)(C)C)cc1. The van der Waals surface area contributed by atoms with E-state index in [2.05, 4.69) is 37.3 Å². The molecule has 1 aliphatic rings. The third-order valence-electron chi connectivity index (χ3n) is 4.44. The van der Waals surface area contributed by atoms with Crippen LogP contribution in [-0.2, 0) is 15.4 Å². The zero-order valence-corrected chi connectivity index (χ0v) is 14.9. The fourth-order valence-corrected chi connectivity index (χ4v) is 4.04. The van der Waals surface area contributed by atoms with Crippen molar-refractivity contribution in [1.82, 2.24) is 9.62 Å². The first-order valence-electron chi connectivity index (χ1n) is 8.08. The molecule has 22 heavy (non-hydrogen) atoms. The van der Waals surface area contributed by atoms with Gasteiger partial charge in [0, 0.05) is 12.6 Å². The lowest BCUT2D eigenvalue weighted by atomic mass is 9.87. The lowest BCUT2D eigenvalue weighted by Gasteiger charge is -2.23. The minimum absolute atomic E-state index is 0.0290. The van der Waals surface area contributed by atoms with E-state index in [1.165, 1.54) is 0 Å². The standard InChI is InChI=1S/C17H28N2O2S/c1-5-19-12-6-7-15(19)13-18-22(20,21)16-10-8-14(9-11-16)17(2,3)4/h8-11,15,18H,5-7,12-13H2,1-4H3/t15-/m0/s1. The highest BCUT2D eigenvalue weighted by molar-refractivity contribution is 7.89. The summed E-state index contributed by atoms with van der Waals surface area (Å²) in [6, 6.07) is 7.54. The summed E-state index contributed by atoms with van der Waals surface area (Å²) in [4.78, 5) is 2.69. The molecule has 124 valence electrons. The van der Waals surface area contributed by atoms with Crippen LogP contribution < -0.4 is 4.72 Å². The molecule has 1 N–H and O–H groups in total. The number of hydrogen-bond acceptors (Lipinski definition) is 3. The van der Waals surface area contributed by atoms with Crippen LogP contribution in [0.4, 0.5) is 0 Å². The molecule has 1 heterocycles. The molecule has 4 nitrogen and oxygen atoms in total. The Morgan fingerprint density at radius 1 is 1.23 bits per heavy atom. The Labute approximate surface area is 135 Å². The summed E-state index contributed by atoms with van der Waals surface area (Å²) in [6.07, 6.45) is 2.22. The Hall–Kier alpha value is -0.910. The highest BCUT2D eigenvalue weighted by Crippen LogP contribution is 2.23. The summed E-state index contributed by atoms with van der Waals surface area (Å²) in [7, 11) is -3.42. The van der Waals surface area contributed by atoms with Crippen molar-refractivity contribution in [3.05, 3.63) is 29.8 Å². The van der Waals surface area contributed by atoms with E-state index in [4.69, 9.17) is 0 Å². The van der Waals surface area contributed by atoms with E-state index >= 15 is 0 Å². The Balaban J connectivity index is 2.04. The van der Waals surface area contributed by atoms with Gasteiger partial charge in [-0.15, -0.1) is 0 Å². The third kappa shape index (κ3) is 4.09. The molecule has 5 heteroatoms. The van der Waals surface area contributed by atoms with E-state index in [9.17, 15) is 8.42 Å². The van der Waals surface area contributed by atoms with Gasteiger partial charge in [-0.1, -0.05) is 39.8 Å². The van der Waals surface area contributed by atoms with Gasteiger partial charge in [0.15, 0.2) is 0 Å². The van der Waals surface area contributed by atoms with Gasteiger partial charge >= 0.3 is 0 Å². The van der Waals surface area contributed by atoms with Gasteiger partial charge < -0.3 is 0 Å². The van der Waals surface area contributed by atoms with Crippen molar-refractivity contribution >= 4 is 10.0 Å². The highest BCUT2D eigenvalue weighted by Gasteiger charge is 2.25. The van der Waals surface area contributed by atoms with Crippen LogP contribution in [0.2, 0.25) is 0 Å². The maximum Gasteiger partial charge on any atom is 0.240 e. The number of likely N-dealkylation sites (tertiary alicyclic amines) is 1. The molecule has 0 radical (unpaired) electrons. The van der Waals surface area contributed by atoms with Crippen LogP contribution in [0.25, 0.3) is 0 Å². The van der Waals surface area contributed by atoms with Crippen molar-refractivity contribution < 1.29 is 8.42 Å². The summed E-state index contributed by atoms with van der Waals surface area (Å²) in [5.74, 6) is 0. The molecule has 0 amide bonds. The Bertz CT molecular complexity index is 588. The first-order chi connectivity index (χ1) is 10.2. The maximum absolute atomic E-state index is 12.4. The average molecular weight is 324 g/mol. The van der Waals surface area contributed by atoms with E-state index in [1.807, 2.05) is 12.1 Å². The predicted octanol–water partition coefficient (Wildman–Crippen LogP) is 2.75. The zero-order chi connectivity index (χ0) is 16.4. The van der Waals surface area contributed by atoms with Gasteiger partial charge in [0.2, 0.25) is 10.0 Å². The number of benzene rings is 1. The average Bonchev–Trinajstić information content (AvgIpc) is 2.92. The fourth-order valence-electron chi connectivity index (χ4n) is 2.97. The Morgan fingerprint density at radius 3 is 2.41 bits per heavy atom. The summed E-state index contributed by atoms with van der Waals surface area (Å²) < 4.78 is 27.6. The summed E-state index contributed by atoms with van der Waals surface area (Å²) in [6.45, 7) is 11.0. The van der Waals surface area contributed by atoms with Crippen LogP contribution in [0.3, 0.4) is 0 Å². The van der Waals surface area contributed by atoms with Gasteiger partial charge in [-0.25, -0.2) is 13.1 Å². The lowest BCUT2D eigenvalue weighted by Crippen LogP contribution is -2.40. The monoisotopic (exact) mass is 324 g/mol. The minimum Gasteiger partial charge on any atom is -0.299 e. The molecule has 0 aromatic heterocycles. The largest absolute Gasteiger partial charge is 0.299 e. The molecule has 1 aromatic carbocycles. The van der Waals surface area contributed by atoms with Crippen LogP contribution >= 0.6 is 0 Å². The second-order valence-electron chi connectivity index (χ2n) is 7.05. The molecule has 0 unspecified atom stereocenters. The quantitative estimate of drug-likeness (QED) is 0.906. The van der Waals surface area contributed by atoms with E-state index in [0.717, 1.165) is 31.5 Å². The van der Waals surface area contributed by atoms with Crippen LogP contribution in [-0.4, -0.2) is 39.0 Å². The normalized spacial score (nSPS) is 20.5. The molecule has 0 bridgehead atoms. The van der Waals surface area contributed by atoms with Gasteiger partial charge in [-0.3, -0.25) is 4.90 Å². The van der Waals surface area contributed by atoms with Gasteiger partial charge in [0.25, 0.3) is 0 Å². The number of nitrogens with one attached hydrogen (secondary N) is 1. The number of likely N-dealkylation sites (N-methyl/N-ethyl adjacent to an activating group) is 1. The van der Waals surface area contributed by atoms with Gasteiger partial charge in [0.05, 0.1) is 4.90 Å². The Morgan fingerprint density at radius 2 is 1.86 bits per heavy atom. The van der Waals surface area contributed by atoms with Gasteiger partial charge in [-0.2, -0.15) is 0 Å². The highest BCUT2D eigenvalue weighted by atomic mass is 32.2. The molecular weight excluding hydrogens is 296 g/mol. The summed E-state index contributed by atoms with van der Waals surface area (Å²) in [5, 5.41) is 0. The van der Waals surface area contributed by atoms with Crippen LogP contribution in [0.1, 0.15) is 46.1 Å². The molecule has 1 saturated heterocycles. The van der Waals surface area contributed by atoms with Crippen LogP contribution in [0, 0.1) is 0 Å². The number of rotatable bonds is 5. The number of sulfonamides is 1. The smallest absolute Gasteiger partial charge is 0.240 e. The minimum atomic E-state index is -3.42. The number of nitrogens with zero attached hydrogens (tertiary/aromatic N) is 1. The van der Waals surface area contributed by atoms with Crippen molar-refractivity contribution in [1.29, 1.82) is 0 Å².